The van der Waals surface area contributed by atoms with Gasteiger partial charge in [-0.05, 0) is 12.0 Å². The van der Waals surface area contributed by atoms with E-state index in [2.05, 4.69) is 6.58 Å². The largest absolute Gasteiger partial charge is 0.393 e. The minimum Gasteiger partial charge on any atom is -0.393 e. The molecular weight excluding hydrogens is 208 g/mol. The van der Waals surface area contributed by atoms with Gasteiger partial charge in [0, 0.05) is 0 Å². The molecule has 3 N–H and O–H groups in total. The maximum atomic E-state index is 9.47. The lowest BCUT2D eigenvalue weighted by Crippen LogP contribution is -2.40. The van der Waals surface area contributed by atoms with E-state index >= 15 is 0 Å². The third-order valence-corrected chi connectivity index (χ3v) is 2.48. The highest BCUT2D eigenvalue weighted by Crippen LogP contribution is 2.27. The van der Waals surface area contributed by atoms with Crippen molar-refractivity contribution in [1.29, 1.82) is 0 Å². The predicted molar refractivity (Wildman–Crippen MR) is 63.1 cm³/mol. The van der Waals surface area contributed by atoms with Crippen molar-refractivity contribution in [1.82, 2.24) is 0 Å². The van der Waals surface area contributed by atoms with Crippen LogP contribution in [0.15, 0.2) is 24.3 Å². The first-order chi connectivity index (χ1) is 7.70. The maximum absolute atomic E-state index is 9.47. The number of hydrogen-bond donors (Lipinski definition) is 3. The van der Waals surface area contributed by atoms with Gasteiger partial charge in [0.2, 0.25) is 0 Å². The van der Waals surface area contributed by atoms with Gasteiger partial charge >= 0.3 is 0 Å². The van der Waals surface area contributed by atoms with Crippen molar-refractivity contribution < 1.29 is 20.1 Å². The molecule has 0 bridgehead atoms. The van der Waals surface area contributed by atoms with Crippen molar-refractivity contribution >= 4 is 0 Å². The highest BCUT2D eigenvalue weighted by Gasteiger charge is 2.33. The molecule has 0 fully saturated rings. The Morgan fingerprint density at radius 1 is 1.38 bits per heavy atom. The minimum atomic E-state index is -0.902. The summed E-state index contributed by atoms with van der Waals surface area (Å²) in [5.74, 6) is 0. The fraction of sp³-hybridized carbons (Fsp3) is 0.667. The van der Waals surface area contributed by atoms with Crippen molar-refractivity contribution in [3.8, 4) is 0 Å². The molecule has 1 unspecified atom stereocenters. The van der Waals surface area contributed by atoms with E-state index in [0.29, 0.717) is 18.6 Å². The van der Waals surface area contributed by atoms with Gasteiger partial charge in [-0.3, -0.25) is 0 Å². The Balaban J connectivity index is 4.96. The summed E-state index contributed by atoms with van der Waals surface area (Å²) in [7, 11) is 0. The third-order valence-electron chi connectivity index (χ3n) is 2.48. The molecule has 1 atom stereocenters. The third kappa shape index (κ3) is 4.06. The fourth-order valence-corrected chi connectivity index (χ4v) is 1.68. The van der Waals surface area contributed by atoms with Crippen LogP contribution in [0.2, 0.25) is 0 Å². The van der Waals surface area contributed by atoms with Crippen LogP contribution in [0.3, 0.4) is 0 Å². The minimum absolute atomic E-state index is 0.182. The normalized spacial score (nSPS) is 15.9. The molecular formula is C12H22O4. The molecule has 0 spiro atoms. The van der Waals surface area contributed by atoms with Crippen LogP contribution >= 0.6 is 0 Å². The van der Waals surface area contributed by atoms with Crippen LogP contribution in [0, 0.1) is 0 Å². The molecule has 0 aliphatic heterocycles. The second-order valence-electron chi connectivity index (χ2n) is 3.57. The molecule has 4 nitrogen and oxygen atoms in total. The summed E-state index contributed by atoms with van der Waals surface area (Å²) < 4.78 is 5.57. The zero-order valence-electron chi connectivity index (χ0n) is 9.85. The molecule has 4 heteroatoms. The summed E-state index contributed by atoms with van der Waals surface area (Å²) in [6.07, 6.45) is 4.47. The van der Waals surface area contributed by atoms with Crippen molar-refractivity contribution in [3.63, 3.8) is 0 Å². The molecule has 0 aliphatic carbocycles. The highest BCUT2D eigenvalue weighted by molar-refractivity contribution is 5.18. The van der Waals surface area contributed by atoms with Gasteiger partial charge in [0.05, 0.1) is 26.4 Å². The molecule has 0 aromatic rings. The highest BCUT2D eigenvalue weighted by atomic mass is 16.5. The van der Waals surface area contributed by atoms with E-state index in [-0.39, 0.29) is 19.8 Å². The lowest BCUT2D eigenvalue weighted by molar-refractivity contribution is -0.0526. The van der Waals surface area contributed by atoms with Gasteiger partial charge in [0.1, 0.15) is 5.60 Å². The van der Waals surface area contributed by atoms with Crippen LogP contribution in [0.5, 0.6) is 0 Å². The van der Waals surface area contributed by atoms with Crippen LogP contribution in [0.25, 0.3) is 0 Å². The van der Waals surface area contributed by atoms with Gasteiger partial charge in [-0.25, -0.2) is 0 Å². The standard InChI is InChI=1S/C12H22O4/c1-3-6-12(10-15,16-8-4-2)11(9-14)5-7-13/h4-5,13-15H,2-3,6-10H2,1H3. The van der Waals surface area contributed by atoms with E-state index < -0.39 is 5.60 Å². The monoisotopic (exact) mass is 230 g/mol. The molecule has 0 heterocycles. The van der Waals surface area contributed by atoms with Gasteiger partial charge in [-0.2, -0.15) is 0 Å². The molecule has 0 saturated carbocycles. The van der Waals surface area contributed by atoms with E-state index in [1.807, 2.05) is 6.92 Å². The van der Waals surface area contributed by atoms with E-state index in [1.54, 1.807) is 6.08 Å². The van der Waals surface area contributed by atoms with Crippen molar-refractivity contribution in [2.75, 3.05) is 26.4 Å². The van der Waals surface area contributed by atoms with Crippen molar-refractivity contribution in [3.05, 3.63) is 24.3 Å². The van der Waals surface area contributed by atoms with Gasteiger partial charge < -0.3 is 20.1 Å². The zero-order valence-corrected chi connectivity index (χ0v) is 9.85. The number of hydrogen-bond acceptors (Lipinski definition) is 4. The second-order valence-corrected chi connectivity index (χ2v) is 3.57. The van der Waals surface area contributed by atoms with E-state index in [4.69, 9.17) is 9.84 Å². The Labute approximate surface area is 96.9 Å². The SMILES string of the molecule is C=CCOC(CO)(CCC)C(=CCO)CO. The van der Waals surface area contributed by atoms with Crippen LogP contribution in [-0.2, 0) is 4.74 Å². The number of aliphatic hydroxyl groups excluding tert-OH is 3. The summed E-state index contributed by atoms with van der Waals surface area (Å²) in [6, 6.07) is 0. The lowest BCUT2D eigenvalue weighted by Gasteiger charge is -2.33. The second kappa shape index (κ2) is 8.47. The summed E-state index contributed by atoms with van der Waals surface area (Å²) in [5.41, 5.74) is -0.387. The first-order valence-corrected chi connectivity index (χ1v) is 5.47. The molecule has 0 aliphatic rings. The van der Waals surface area contributed by atoms with Crippen LogP contribution in [0.4, 0.5) is 0 Å². The number of aliphatic hydroxyl groups is 3. The zero-order chi connectivity index (χ0) is 12.4. The Hall–Kier alpha value is -0.680. The predicted octanol–water partition coefficient (Wildman–Crippen LogP) is 0.631. The molecule has 0 aromatic heterocycles. The van der Waals surface area contributed by atoms with Gasteiger partial charge in [0.25, 0.3) is 0 Å². The summed E-state index contributed by atoms with van der Waals surface area (Å²) in [5, 5.41) is 27.6. The van der Waals surface area contributed by atoms with Crippen LogP contribution in [0.1, 0.15) is 19.8 Å². The number of ether oxygens (including phenoxy) is 1. The quantitative estimate of drug-likeness (QED) is 0.508. The average Bonchev–Trinajstić information content (AvgIpc) is 2.32. The Morgan fingerprint density at radius 2 is 2.06 bits per heavy atom. The summed E-state index contributed by atoms with van der Waals surface area (Å²) in [6.45, 7) is 5.17. The molecule has 0 amide bonds. The van der Waals surface area contributed by atoms with Gasteiger partial charge in [-0.1, -0.05) is 25.5 Å². The van der Waals surface area contributed by atoms with Crippen LogP contribution < -0.4 is 0 Å². The molecule has 16 heavy (non-hydrogen) atoms. The molecule has 0 aromatic carbocycles. The average molecular weight is 230 g/mol. The van der Waals surface area contributed by atoms with Crippen LogP contribution in [-0.4, -0.2) is 47.3 Å². The summed E-state index contributed by atoms with van der Waals surface area (Å²) >= 11 is 0. The molecule has 94 valence electrons. The van der Waals surface area contributed by atoms with Crippen molar-refractivity contribution in [2.24, 2.45) is 0 Å². The Morgan fingerprint density at radius 3 is 2.44 bits per heavy atom. The van der Waals surface area contributed by atoms with Gasteiger partial charge in [-0.15, -0.1) is 6.58 Å². The smallest absolute Gasteiger partial charge is 0.115 e. The summed E-state index contributed by atoms with van der Waals surface area (Å²) in [4.78, 5) is 0. The fourth-order valence-electron chi connectivity index (χ4n) is 1.68. The van der Waals surface area contributed by atoms with Gasteiger partial charge in [0.15, 0.2) is 0 Å². The number of rotatable bonds is 9. The first kappa shape index (κ1) is 15.3. The van der Waals surface area contributed by atoms with E-state index in [9.17, 15) is 10.2 Å². The van der Waals surface area contributed by atoms with E-state index in [1.165, 1.54) is 6.08 Å². The topological polar surface area (TPSA) is 69.9 Å². The molecule has 0 radical (unpaired) electrons. The molecule has 0 rings (SSSR count). The Kier molecular flexibility index (Phi) is 8.11. The lowest BCUT2D eigenvalue weighted by atomic mass is 9.89. The van der Waals surface area contributed by atoms with E-state index in [0.717, 1.165) is 6.42 Å². The maximum Gasteiger partial charge on any atom is 0.115 e. The van der Waals surface area contributed by atoms with Crippen molar-refractivity contribution in [2.45, 2.75) is 25.4 Å². The Bertz CT molecular complexity index is 225. The first-order valence-electron chi connectivity index (χ1n) is 5.47. The molecule has 0 saturated heterocycles.